The van der Waals surface area contributed by atoms with Gasteiger partial charge in [0.05, 0.1) is 13.7 Å². The Kier molecular flexibility index (Phi) is 5.43. The van der Waals surface area contributed by atoms with Crippen LogP contribution >= 0.6 is 0 Å². The van der Waals surface area contributed by atoms with Gasteiger partial charge in [0.1, 0.15) is 17.6 Å². The van der Waals surface area contributed by atoms with Crippen LogP contribution in [-0.4, -0.2) is 37.2 Å². The van der Waals surface area contributed by atoms with Crippen LogP contribution in [0.5, 0.6) is 11.5 Å². The van der Waals surface area contributed by atoms with Gasteiger partial charge in [-0.1, -0.05) is 30.3 Å². The first-order valence-corrected chi connectivity index (χ1v) is 8.53. The lowest BCUT2D eigenvalue weighted by Gasteiger charge is -2.18. The minimum Gasteiger partial charge on any atom is -0.496 e. The van der Waals surface area contributed by atoms with Crippen molar-refractivity contribution in [2.45, 2.75) is 26.0 Å². The number of carbonyl (C=O) groups is 1. The van der Waals surface area contributed by atoms with E-state index in [1.807, 2.05) is 55.5 Å². The first kappa shape index (κ1) is 17.1. The lowest BCUT2D eigenvalue weighted by Crippen LogP contribution is -2.39. The van der Waals surface area contributed by atoms with E-state index >= 15 is 0 Å². The Bertz CT molecular complexity index is 718. The number of carbonyl (C=O) groups excluding carboxylic acids is 1. The molecule has 1 atom stereocenters. The third kappa shape index (κ3) is 4.44. The number of rotatable bonds is 5. The summed E-state index contributed by atoms with van der Waals surface area (Å²) in [4.78, 5) is 14.2. The Morgan fingerprint density at radius 3 is 2.80 bits per heavy atom. The summed E-state index contributed by atoms with van der Waals surface area (Å²) >= 11 is 0. The van der Waals surface area contributed by atoms with Gasteiger partial charge in [-0.2, -0.15) is 0 Å². The molecule has 0 spiro atoms. The normalized spacial score (nSPS) is 16.6. The molecular weight excluding hydrogens is 316 g/mol. The molecule has 2 amide bonds. The smallest absolute Gasteiger partial charge is 0.317 e. The summed E-state index contributed by atoms with van der Waals surface area (Å²) in [5, 5.41) is 2.97. The summed E-state index contributed by atoms with van der Waals surface area (Å²) in [6.07, 6.45) is 0.897. The van der Waals surface area contributed by atoms with E-state index in [0.717, 1.165) is 29.0 Å². The molecule has 2 aromatic carbocycles. The lowest BCUT2D eigenvalue weighted by atomic mass is 10.1. The summed E-state index contributed by atoms with van der Waals surface area (Å²) in [7, 11) is 1.65. The van der Waals surface area contributed by atoms with Crippen molar-refractivity contribution in [3.8, 4) is 11.5 Å². The van der Waals surface area contributed by atoms with E-state index in [-0.39, 0.29) is 12.1 Å². The molecule has 0 aromatic heterocycles. The summed E-state index contributed by atoms with van der Waals surface area (Å²) in [5.74, 6) is 1.69. The molecule has 1 N–H and O–H groups in total. The summed E-state index contributed by atoms with van der Waals surface area (Å²) in [6.45, 7) is 3.80. The Balaban J connectivity index is 1.49. The molecule has 25 heavy (non-hydrogen) atoms. The van der Waals surface area contributed by atoms with Crippen molar-refractivity contribution in [2.75, 3.05) is 20.2 Å². The van der Waals surface area contributed by atoms with Crippen LogP contribution < -0.4 is 14.8 Å². The van der Waals surface area contributed by atoms with E-state index in [4.69, 9.17) is 9.47 Å². The van der Waals surface area contributed by atoms with Crippen LogP contribution in [-0.2, 0) is 6.54 Å². The Labute approximate surface area is 148 Å². The fraction of sp³-hybridized carbons (Fsp3) is 0.350. The van der Waals surface area contributed by atoms with E-state index in [2.05, 4.69) is 5.32 Å². The molecule has 3 rings (SSSR count). The second-order valence-electron chi connectivity index (χ2n) is 6.25. The zero-order valence-corrected chi connectivity index (χ0v) is 14.7. The number of aryl methyl sites for hydroxylation is 1. The lowest BCUT2D eigenvalue weighted by molar-refractivity contribution is 0.186. The number of para-hydroxylation sites is 1. The van der Waals surface area contributed by atoms with Gasteiger partial charge in [-0.05, 0) is 36.2 Å². The summed E-state index contributed by atoms with van der Waals surface area (Å²) in [6, 6.07) is 15.6. The van der Waals surface area contributed by atoms with E-state index in [1.165, 1.54) is 0 Å². The van der Waals surface area contributed by atoms with Crippen molar-refractivity contribution in [1.29, 1.82) is 0 Å². The van der Waals surface area contributed by atoms with Gasteiger partial charge in [0.25, 0.3) is 0 Å². The van der Waals surface area contributed by atoms with E-state index in [0.29, 0.717) is 19.6 Å². The zero-order valence-electron chi connectivity index (χ0n) is 14.7. The van der Waals surface area contributed by atoms with Gasteiger partial charge in [-0.3, -0.25) is 0 Å². The zero-order chi connectivity index (χ0) is 17.6. The predicted molar refractivity (Wildman–Crippen MR) is 97.0 cm³/mol. The highest BCUT2D eigenvalue weighted by molar-refractivity contribution is 5.74. The average molecular weight is 340 g/mol. The van der Waals surface area contributed by atoms with Crippen LogP contribution in [0.1, 0.15) is 17.5 Å². The number of hydrogen-bond acceptors (Lipinski definition) is 3. The number of hydrogen-bond donors (Lipinski definition) is 1. The average Bonchev–Trinajstić information content (AvgIpc) is 3.10. The van der Waals surface area contributed by atoms with E-state index in [1.54, 1.807) is 12.0 Å². The molecule has 0 unspecified atom stereocenters. The first-order valence-electron chi connectivity index (χ1n) is 8.53. The van der Waals surface area contributed by atoms with Crippen molar-refractivity contribution >= 4 is 6.03 Å². The van der Waals surface area contributed by atoms with Gasteiger partial charge in [0.15, 0.2) is 0 Å². The molecule has 0 bridgehead atoms. The topological polar surface area (TPSA) is 50.8 Å². The molecule has 0 radical (unpaired) electrons. The molecule has 5 heteroatoms. The maximum Gasteiger partial charge on any atom is 0.317 e. The van der Waals surface area contributed by atoms with E-state index < -0.39 is 0 Å². The quantitative estimate of drug-likeness (QED) is 0.908. The molecule has 1 aliphatic rings. The minimum atomic E-state index is -0.0568. The number of nitrogens with one attached hydrogen (secondary N) is 1. The maximum absolute atomic E-state index is 12.4. The first-order chi connectivity index (χ1) is 12.2. The number of methoxy groups -OCH3 is 1. The van der Waals surface area contributed by atoms with Crippen molar-refractivity contribution in [3.63, 3.8) is 0 Å². The summed E-state index contributed by atoms with van der Waals surface area (Å²) < 4.78 is 11.2. The SMILES string of the molecule is COc1cc(CNC(=O)N2CC[C@H](Oc3ccccc3)C2)ccc1C. The fourth-order valence-electron chi connectivity index (χ4n) is 2.96. The largest absolute Gasteiger partial charge is 0.496 e. The van der Waals surface area contributed by atoms with Crippen LogP contribution in [0.3, 0.4) is 0 Å². The van der Waals surface area contributed by atoms with Crippen LogP contribution in [0.25, 0.3) is 0 Å². The second-order valence-corrected chi connectivity index (χ2v) is 6.25. The van der Waals surface area contributed by atoms with Gasteiger partial charge < -0.3 is 19.7 Å². The summed E-state index contributed by atoms with van der Waals surface area (Å²) in [5.41, 5.74) is 2.10. The van der Waals surface area contributed by atoms with Crippen LogP contribution in [0.4, 0.5) is 4.79 Å². The van der Waals surface area contributed by atoms with Crippen molar-refractivity contribution < 1.29 is 14.3 Å². The Morgan fingerprint density at radius 2 is 2.04 bits per heavy atom. The van der Waals surface area contributed by atoms with Gasteiger partial charge >= 0.3 is 6.03 Å². The van der Waals surface area contributed by atoms with Crippen molar-refractivity contribution in [1.82, 2.24) is 10.2 Å². The van der Waals surface area contributed by atoms with Gasteiger partial charge in [0, 0.05) is 19.5 Å². The maximum atomic E-state index is 12.4. The monoisotopic (exact) mass is 340 g/mol. The number of ether oxygens (including phenoxy) is 2. The second kappa shape index (κ2) is 7.92. The number of likely N-dealkylation sites (tertiary alicyclic amines) is 1. The molecule has 5 nitrogen and oxygen atoms in total. The number of benzene rings is 2. The predicted octanol–water partition coefficient (Wildman–Crippen LogP) is 3.37. The van der Waals surface area contributed by atoms with Gasteiger partial charge in [-0.15, -0.1) is 0 Å². The van der Waals surface area contributed by atoms with Gasteiger partial charge in [-0.25, -0.2) is 4.79 Å². The van der Waals surface area contributed by atoms with Crippen molar-refractivity contribution in [3.05, 3.63) is 59.7 Å². The molecule has 132 valence electrons. The van der Waals surface area contributed by atoms with E-state index in [9.17, 15) is 4.79 Å². The third-order valence-corrected chi connectivity index (χ3v) is 4.39. The molecule has 0 aliphatic carbocycles. The molecule has 1 fully saturated rings. The van der Waals surface area contributed by atoms with Crippen LogP contribution in [0, 0.1) is 6.92 Å². The fourth-order valence-corrected chi connectivity index (χ4v) is 2.96. The third-order valence-electron chi connectivity index (χ3n) is 4.39. The van der Waals surface area contributed by atoms with Gasteiger partial charge in [0.2, 0.25) is 0 Å². The molecule has 1 heterocycles. The minimum absolute atomic E-state index is 0.0487. The number of amides is 2. The highest BCUT2D eigenvalue weighted by Gasteiger charge is 2.27. The molecule has 1 aliphatic heterocycles. The molecule has 2 aromatic rings. The van der Waals surface area contributed by atoms with Crippen molar-refractivity contribution in [2.24, 2.45) is 0 Å². The standard InChI is InChI=1S/C20H24N2O3/c1-15-8-9-16(12-19(15)24-2)13-21-20(23)22-11-10-18(14-22)25-17-6-4-3-5-7-17/h3-9,12,18H,10-11,13-14H2,1-2H3,(H,21,23)/t18-/m0/s1. The number of nitrogens with zero attached hydrogens (tertiary/aromatic N) is 1. The van der Waals surface area contributed by atoms with Crippen LogP contribution in [0.2, 0.25) is 0 Å². The molecular formula is C20H24N2O3. The highest BCUT2D eigenvalue weighted by atomic mass is 16.5. The molecule has 1 saturated heterocycles. The molecule has 0 saturated carbocycles. The highest BCUT2D eigenvalue weighted by Crippen LogP contribution is 2.20. The number of urea groups is 1. The van der Waals surface area contributed by atoms with Crippen LogP contribution in [0.15, 0.2) is 48.5 Å². The Hall–Kier alpha value is -2.69. The Morgan fingerprint density at radius 1 is 1.24 bits per heavy atom.